The largest absolute Gasteiger partial charge is 0.389 e. The molecule has 19 heavy (non-hydrogen) atoms. The van der Waals surface area contributed by atoms with Crippen LogP contribution in [0, 0.1) is 5.92 Å². The fraction of sp³-hybridized carbons (Fsp3) is 0.933. The monoisotopic (exact) mass is 265 g/mol. The van der Waals surface area contributed by atoms with Crippen LogP contribution >= 0.6 is 0 Å². The molecule has 0 aromatic heterocycles. The van der Waals surface area contributed by atoms with E-state index in [2.05, 4.69) is 5.16 Å². The van der Waals surface area contributed by atoms with Crippen molar-refractivity contribution < 1.29 is 14.3 Å². The van der Waals surface area contributed by atoms with E-state index in [1.165, 1.54) is 44.2 Å². The van der Waals surface area contributed by atoms with E-state index in [4.69, 9.17) is 14.3 Å². The van der Waals surface area contributed by atoms with Crippen molar-refractivity contribution in [1.82, 2.24) is 0 Å². The summed E-state index contributed by atoms with van der Waals surface area (Å²) in [5, 5.41) is 4.30. The number of rotatable bonds is 1. The van der Waals surface area contributed by atoms with Gasteiger partial charge in [0.2, 0.25) is 0 Å². The Morgan fingerprint density at radius 3 is 2.84 bits per heavy atom. The van der Waals surface area contributed by atoms with Crippen LogP contribution in [0.2, 0.25) is 0 Å². The molecule has 0 amide bonds. The van der Waals surface area contributed by atoms with Gasteiger partial charge >= 0.3 is 0 Å². The summed E-state index contributed by atoms with van der Waals surface area (Å²) in [4.78, 5) is 5.70. The van der Waals surface area contributed by atoms with Crippen molar-refractivity contribution in [3.63, 3.8) is 0 Å². The molecular weight excluding hydrogens is 242 g/mol. The second kappa shape index (κ2) is 4.74. The summed E-state index contributed by atoms with van der Waals surface area (Å²) in [5.41, 5.74) is 1.27. The molecule has 4 aliphatic rings. The first-order chi connectivity index (χ1) is 9.36. The normalized spacial score (nSPS) is 40.8. The van der Waals surface area contributed by atoms with Crippen molar-refractivity contribution in [3.05, 3.63) is 0 Å². The molecule has 4 rings (SSSR count). The van der Waals surface area contributed by atoms with Gasteiger partial charge in [0, 0.05) is 18.8 Å². The smallest absolute Gasteiger partial charge is 0.169 e. The quantitative estimate of drug-likeness (QED) is 0.731. The van der Waals surface area contributed by atoms with E-state index in [-0.39, 0.29) is 18.0 Å². The van der Waals surface area contributed by atoms with E-state index in [0.717, 1.165) is 19.3 Å². The Morgan fingerprint density at radius 2 is 1.95 bits per heavy atom. The molecule has 0 aromatic rings. The lowest BCUT2D eigenvalue weighted by Gasteiger charge is -2.33. The Hall–Kier alpha value is -0.610. The van der Waals surface area contributed by atoms with E-state index in [0.29, 0.717) is 12.5 Å². The number of hydrogen-bond acceptors (Lipinski definition) is 4. The molecule has 1 saturated heterocycles. The average Bonchev–Trinajstić information content (AvgIpc) is 3.04. The van der Waals surface area contributed by atoms with Crippen LogP contribution in [0.25, 0.3) is 0 Å². The van der Waals surface area contributed by atoms with E-state index in [1.54, 1.807) is 0 Å². The maximum Gasteiger partial charge on any atom is 0.169 e. The predicted octanol–water partition coefficient (Wildman–Crippen LogP) is 3.01. The van der Waals surface area contributed by atoms with Gasteiger partial charge < -0.3 is 14.3 Å². The molecule has 1 spiro atoms. The van der Waals surface area contributed by atoms with E-state index in [1.807, 2.05) is 0 Å². The SMILES string of the molecule is C1CCC2(CC1)OC[C@H]([C@H]1ON=C3CCCC[C@H]31)O2. The third-order valence-electron chi connectivity index (χ3n) is 5.17. The second-order valence-electron chi connectivity index (χ2n) is 6.44. The molecule has 4 heteroatoms. The summed E-state index contributed by atoms with van der Waals surface area (Å²) >= 11 is 0. The molecule has 4 nitrogen and oxygen atoms in total. The van der Waals surface area contributed by atoms with Crippen LogP contribution in [0.5, 0.6) is 0 Å². The molecular formula is C15H23NO3. The molecule has 2 aliphatic heterocycles. The molecule has 2 aliphatic carbocycles. The highest BCUT2D eigenvalue weighted by atomic mass is 16.8. The summed E-state index contributed by atoms with van der Waals surface area (Å²) in [5.74, 6) is 0.199. The third-order valence-corrected chi connectivity index (χ3v) is 5.17. The van der Waals surface area contributed by atoms with Gasteiger partial charge in [-0.2, -0.15) is 0 Å². The number of hydrogen-bond donors (Lipinski definition) is 0. The van der Waals surface area contributed by atoms with Crippen molar-refractivity contribution >= 4 is 5.71 Å². The minimum atomic E-state index is -0.288. The topological polar surface area (TPSA) is 40.0 Å². The molecule has 2 saturated carbocycles. The third kappa shape index (κ3) is 2.09. The predicted molar refractivity (Wildman–Crippen MR) is 70.9 cm³/mol. The summed E-state index contributed by atoms with van der Waals surface area (Å²) < 4.78 is 12.3. The molecule has 106 valence electrons. The molecule has 0 radical (unpaired) electrons. The van der Waals surface area contributed by atoms with Crippen LogP contribution in [0.1, 0.15) is 57.8 Å². The Labute approximate surface area is 114 Å². The van der Waals surface area contributed by atoms with Gasteiger partial charge in [0.05, 0.1) is 12.3 Å². The van der Waals surface area contributed by atoms with E-state index >= 15 is 0 Å². The van der Waals surface area contributed by atoms with Crippen LogP contribution in [-0.2, 0) is 14.3 Å². The van der Waals surface area contributed by atoms with Crippen molar-refractivity contribution in [2.24, 2.45) is 11.1 Å². The van der Waals surface area contributed by atoms with Gasteiger partial charge in [0.25, 0.3) is 0 Å². The first kappa shape index (κ1) is 12.2. The standard InChI is InChI=1S/C15H23NO3/c1-4-8-15(9-5-1)17-10-13(18-15)14-11-6-2-3-7-12(11)16-19-14/h11,13-14H,1-10H2/t11-,13-,14+/m1/s1. The molecule has 3 atom stereocenters. The van der Waals surface area contributed by atoms with Gasteiger partial charge in [-0.15, -0.1) is 0 Å². The van der Waals surface area contributed by atoms with Gasteiger partial charge in [0.15, 0.2) is 11.9 Å². The highest BCUT2D eigenvalue weighted by Gasteiger charge is 2.50. The minimum absolute atomic E-state index is 0.0856. The van der Waals surface area contributed by atoms with Crippen molar-refractivity contribution in [3.8, 4) is 0 Å². The van der Waals surface area contributed by atoms with Crippen molar-refractivity contribution in [2.75, 3.05) is 6.61 Å². The molecule has 0 N–H and O–H groups in total. The number of oxime groups is 1. The zero-order valence-corrected chi connectivity index (χ0v) is 11.5. The summed E-state index contributed by atoms with van der Waals surface area (Å²) in [7, 11) is 0. The number of ether oxygens (including phenoxy) is 2. The van der Waals surface area contributed by atoms with Gasteiger partial charge in [-0.1, -0.05) is 18.0 Å². The first-order valence-electron chi connectivity index (χ1n) is 7.91. The van der Waals surface area contributed by atoms with Crippen molar-refractivity contribution in [2.45, 2.75) is 75.8 Å². The Balaban J connectivity index is 1.44. The molecule has 0 bridgehead atoms. The molecule has 2 heterocycles. The number of nitrogens with zero attached hydrogens (tertiary/aromatic N) is 1. The van der Waals surface area contributed by atoms with Crippen LogP contribution in [0.4, 0.5) is 0 Å². The molecule has 0 unspecified atom stereocenters. The van der Waals surface area contributed by atoms with Gasteiger partial charge in [-0.3, -0.25) is 0 Å². The van der Waals surface area contributed by atoms with Gasteiger partial charge in [0.1, 0.15) is 6.10 Å². The van der Waals surface area contributed by atoms with E-state index in [9.17, 15) is 0 Å². The summed E-state index contributed by atoms with van der Waals surface area (Å²) in [6.45, 7) is 0.684. The maximum atomic E-state index is 6.30. The lowest BCUT2D eigenvalue weighted by Crippen LogP contribution is -2.40. The average molecular weight is 265 g/mol. The Morgan fingerprint density at radius 1 is 1.05 bits per heavy atom. The summed E-state index contributed by atoms with van der Waals surface area (Å²) in [6, 6.07) is 0. The van der Waals surface area contributed by atoms with Crippen LogP contribution in [0.3, 0.4) is 0 Å². The van der Waals surface area contributed by atoms with Crippen LogP contribution in [0.15, 0.2) is 5.16 Å². The lowest BCUT2D eigenvalue weighted by atomic mass is 9.82. The molecule has 3 fully saturated rings. The Bertz CT molecular complexity index is 376. The maximum absolute atomic E-state index is 6.30. The van der Waals surface area contributed by atoms with Crippen molar-refractivity contribution in [1.29, 1.82) is 0 Å². The number of fused-ring (bicyclic) bond motifs is 1. The van der Waals surface area contributed by atoms with Gasteiger partial charge in [-0.05, 0) is 32.1 Å². The second-order valence-corrected chi connectivity index (χ2v) is 6.44. The Kier molecular flexibility index (Phi) is 3.03. The minimum Gasteiger partial charge on any atom is -0.389 e. The zero-order valence-electron chi connectivity index (χ0n) is 11.5. The van der Waals surface area contributed by atoms with Crippen LogP contribution < -0.4 is 0 Å². The van der Waals surface area contributed by atoms with Gasteiger partial charge in [-0.25, -0.2) is 0 Å². The van der Waals surface area contributed by atoms with Crippen LogP contribution in [-0.4, -0.2) is 30.3 Å². The highest BCUT2D eigenvalue weighted by Crippen LogP contribution is 2.42. The summed E-state index contributed by atoms with van der Waals surface area (Å²) in [6.07, 6.45) is 10.9. The highest BCUT2D eigenvalue weighted by molar-refractivity contribution is 5.88. The lowest BCUT2D eigenvalue weighted by molar-refractivity contribution is -0.199. The van der Waals surface area contributed by atoms with E-state index < -0.39 is 0 Å². The molecule has 0 aromatic carbocycles. The fourth-order valence-corrected chi connectivity index (χ4v) is 4.11. The fourth-order valence-electron chi connectivity index (χ4n) is 4.11. The zero-order chi connectivity index (χ0) is 12.7. The first-order valence-corrected chi connectivity index (χ1v) is 7.91.